The maximum absolute atomic E-state index is 5.94. The van der Waals surface area contributed by atoms with Crippen LogP contribution in [0.1, 0.15) is 20.8 Å². The fourth-order valence-corrected chi connectivity index (χ4v) is 2.60. The molecular formula is C19H24ClN5. The molecule has 0 saturated carbocycles. The van der Waals surface area contributed by atoms with Gasteiger partial charge in [-0.25, -0.2) is 4.68 Å². The van der Waals surface area contributed by atoms with E-state index in [-0.39, 0.29) is 11.5 Å². The van der Waals surface area contributed by atoms with Crippen molar-refractivity contribution >= 4 is 17.3 Å². The van der Waals surface area contributed by atoms with E-state index in [4.69, 9.17) is 17.3 Å². The summed E-state index contributed by atoms with van der Waals surface area (Å²) >= 11 is 5.94. The third-order valence-corrected chi connectivity index (χ3v) is 4.22. The summed E-state index contributed by atoms with van der Waals surface area (Å²) in [7, 11) is 0. The van der Waals surface area contributed by atoms with Crippen LogP contribution in [0, 0.1) is 5.92 Å². The van der Waals surface area contributed by atoms with E-state index in [1.807, 2.05) is 19.1 Å². The Bertz CT molecular complexity index is 804. The Balaban J connectivity index is 2.26. The minimum Gasteiger partial charge on any atom is -0.399 e. The number of hydrogen-bond donors (Lipinski definition) is 2. The first-order valence-corrected chi connectivity index (χ1v) is 8.30. The summed E-state index contributed by atoms with van der Waals surface area (Å²) in [4.78, 5) is 4.29. The van der Waals surface area contributed by atoms with Crippen molar-refractivity contribution in [1.29, 1.82) is 0 Å². The summed E-state index contributed by atoms with van der Waals surface area (Å²) < 4.78 is 1.68. The van der Waals surface area contributed by atoms with E-state index in [2.05, 4.69) is 48.5 Å². The van der Waals surface area contributed by atoms with E-state index in [0.29, 0.717) is 10.7 Å². The Hall–Kier alpha value is -2.53. The third kappa shape index (κ3) is 4.73. The number of nitrogens with two attached hydrogens (primary N) is 1. The molecule has 2 rings (SSSR count). The van der Waals surface area contributed by atoms with Crippen molar-refractivity contribution in [3.63, 3.8) is 0 Å². The maximum atomic E-state index is 5.94. The molecule has 1 atom stereocenters. The molecule has 0 fully saturated rings. The minimum absolute atomic E-state index is 0.0515. The van der Waals surface area contributed by atoms with Crippen molar-refractivity contribution < 1.29 is 0 Å². The smallest absolute Gasteiger partial charge is 0.0849 e. The van der Waals surface area contributed by atoms with Gasteiger partial charge in [0, 0.05) is 23.4 Å². The van der Waals surface area contributed by atoms with Gasteiger partial charge >= 0.3 is 0 Å². The van der Waals surface area contributed by atoms with E-state index >= 15 is 0 Å². The maximum Gasteiger partial charge on any atom is 0.0849 e. The van der Waals surface area contributed by atoms with E-state index < -0.39 is 0 Å². The zero-order valence-corrected chi connectivity index (χ0v) is 15.6. The largest absolute Gasteiger partial charge is 0.399 e. The van der Waals surface area contributed by atoms with Crippen LogP contribution in [-0.2, 0) is 0 Å². The van der Waals surface area contributed by atoms with Crippen LogP contribution in [0.3, 0.4) is 0 Å². The third-order valence-electron chi connectivity index (χ3n) is 4.03. The second-order valence-corrected chi connectivity index (χ2v) is 6.95. The van der Waals surface area contributed by atoms with Gasteiger partial charge in [-0.1, -0.05) is 30.3 Å². The average Bonchev–Trinajstić information content (AvgIpc) is 2.98. The van der Waals surface area contributed by atoms with Crippen LogP contribution in [0.2, 0.25) is 5.02 Å². The molecule has 0 bridgehead atoms. The number of pyridine rings is 1. The number of halogens is 1. The molecular weight excluding hydrogens is 334 g/mol. The van der Waals surface area contributed by atoms with Gasteiger partial charge in [-0.3, -0.25) is 4.98 Å². The van der Waals surface area contributed by atoms with Gasteiger partial charge in [-0.15, -0.1) is 6.58 Å². The quantitative estimate of drug-likeness (QED) is 0.571. The second-order valence-electron chi connectivity index (χ2n) is 6.52. The number of anilines is 1. The standard InChI is InChI=1S/C19H24ClN5/c1-6-15(7-13(2)14(3)21)19(4,5)24-17-8-18(11-22-10-17)25-12-16(20)9-23-25/h6-12,15,24H,1,3,21H2,2,4-5H3/b13-7-. The zero-order chi connectivity index (χ0) is 18.6. The predicted octanol–water partition coefficient (Wildman–Crippen LogP) is 4.33. The fraction of sp³-hybridized carbons (Fsp3) is 0.263. The molecule has 1 unspecified atom stereocenters. The summed E-state index contributed by atoms with van der Waals surface area (Å²) in [6, 6.07) is 1.97. The van der Waals surface area contributed by atoms with Gasteiger partial charge in [0.1, 0.15) is 0 Å². The molecule has 6 heteroatoms. The first-order valence-electron chi connectivity index (χ1n) is 7.92. The molecule has 0 amide bonds. The lowest BCUT2D eigenvalue weighted by Gasteiger charge is -2.33. The molecule has 5 nitrogen and oxygen atoms in total. The van der Waals surface area contributed by atoms with Crippen LogP contribution >= 0.6 is 11.6 Å². The highest BCUT2D eigenvalue weighted by Gasteiger charge is 2.26. The number of rotatable bonds is 7. The van der Waals surface area contributed by atoms with Crippen LogP contribution in [-0.4, -0.2) is 20.3 Å². The van der Waals surface area contributed by atoms with Crippen LogP contribution in [0.15, 0.2) is 67.4 Å². The summed E-state index contributed by atoms with van der Waals surface area (Å²) in [6.45, 7) is 13.9. The van der Waals surface area contributed by atoms with Crippen molar-refractivity contribution in [2.24, 2.45) is 11.7 Å². The Labute approximate surface area is 153 Å². The first-order chi connectivity index (χ1) is 11.7. The molecule has 0 aliphatic heterocycles. The molecule has 2 heterocycles. The van der Waals surface area contributed by atoms with Crippen molar-refractivity contribution in [2.45, 2.75) is 26.3 Å². The molecule has 0 aliphatic carbocycles. The predicted molar refractivity (Wildman–Crippen MR) is 105 cm³/mol. The molecule has 2 aromatic rings. The van der Waals surface area contributed by atoms with E-state index in [0.717, 1.165) is 16.9 Å². The lowest BCUT2D eigenvalue weighted by atomic mass is 9.85. The van der Waals surface area contributed by atoms with Crippen molar-refractivity contribution in [2.75, 3.05) is 5.32 Å². The Kier molecular flexibility index (Phi) is 5.69. The highest BCUT2D eigenvalue weighted by Crippen LogP contribution is 2.27. The molecule has 2 aromatic heterocycles. The molecule has 132 valence electrons. The van der Waals surface area contributed by atoms with Gasteiger partial charge in [0.2, 0.25) is 0 Å². The monoisotopic (exact) mass is 357 g/mol. The highest BCUT2D eigenvalue weighted by atomic mass is 35.5. The fourth-order valence-electron chi connectivity index (χ4n) is 2.47. The Morgan fingerprint density at radius 3 is 2.68 bits per heavy atom. The zero-order valence-electron chi connectivity index (χ0n) is 14.8. The molecule has 3 N–H and O–H groups in total. The molecule has 0 saturated heterocycles. The lowest BCUT2D eigenvalue weighted by Crippen LogP contribution is -2.38. The Morgan fingerprint density at radius 1 is 1.40 bits per heavy atom. The molecule has 0 spiro atoms. The van der Waals surface area contributed by atoms with Gasteiger partial charge in [0.25, 0.3) is 0 Å². The summed E-state index contributed by atoms with van der Waals surface area (Å²) in [5, 5.41) is 8.29. The molecule has 0 aromatic carbocycles. The van der Waals surface area contributed by atoms with Gasteiger partial charge in [0.05, 0.1) is 35.0 Å². The number of allylic oxidation sites excluding steroid dienone is 1. The van der Waals surface area contributed by atoms with Crippen LogP contribution in [0.4, 0.5) is 5.69 Å². The number of nitrogens with zero attached hydrogens (tertiary/aromatic N) is 3. The Morgan fingerprint density at radius 2 is 2.12 bits per heavy atom. The van der Waals surface area contributed by atoms with E-state index in [1.165, 1.54) is 0 Å². The first kappa shape index (κ1) is 18.8. The van der Waals surface area contributed by atoms with Crippen molar-refractivity contribution in [1.82, 2.24) is 14.8 Å². The van der Waals surface area contributed by atoms with E-state index in [1.54, 1.807) is 29.5 Å². The van der Waals surface area contributed by atoms with Gasteiger partial charge in [-0.05, 0) is 32.4 Å². The SMILES string of the molecule is C=CC(/C=C(/C)C(=C)N)C(C)(C)Nc1cncc(-n2cc(Cl)cn2)c1. The molecule has 0 aliphatic rings. The average molecular weight is 358 g/mol. The summed E-state index contributed by atoms with van der Waals surface area (Å²) in [5.41, 5.74) is 8.67. The normalized spacial score (nSPS) is 13.4. The van der Waals surface area contributed by atoms with Gasteiger partial charge < -0.3 is 11.1 Å². The van der Waals surface area contributed by atoms with Crippen molar-refractivity contribution in [3.05, 3.63) is 72.5 Å². The topological polar surface area (TPSA) is 68.8 Å². The van der Waals surface area contributed by atoms with Gasteiger partial charge in [-0.2, -0.15) is 5.10 Å². The van der Waals surface area contributed by atoms with Gasteiger partial charge in [0.15, 0.2) is 0 Å². The molecule has 25 heavy (non-hydrogen) atoms. The van der Waals surface area contributed by atoms with Crippen LogP contribution in [0.5, 0.6) is 0 Å². The number of hydrogen-bond acceptors (Lipinski definition) is 4. The lowest BCUT2D eigenvalue weighted by molar-refractivity contribution is 0.483. The summed E-state index contributed by atoms with van der Waals surface area (Å²) in [6.07, 6.45) is 10.8. The number of nitrogens with one attached hydrogen (secondary N) is 1. The highest BCUT2D eigenvalue weighted by molar-refractivity contribution is 6.30. The second kappa shape index (κ2) is 7.57. The van der Waals surface area contributed by atoms with E-state index in [9.17, 15) is 0 Å². The minimum atomic E-state index is -0.305. The summed E-state index contributed by atoms with van der Waals surface area (Å²) in [5.74, 6) is 0.0515. The van der Waals surface area contributed by atoms with Crippen LogP contribution < -0.4 is 11.1 Å². The van der Waals surface area contributed by atoms with Crippen molar-refractivity contribution in [3.8, 4) is 5.69 Å². The van der Waals surface area contributed by atoms with Crippen LogP contribution in [0.25, 0.3) is 5.69 Å². The molecule has 0 radical (unpaired) electrons. The number of aromatic nitrogens is 3.